The van der Waals surface area contributed by atoms with Crippen LogP contribution in [0, 0.1) is 0 Å². The van der Waals surface area contributed by atoms with E-state index in [-0.39, 0.29) is 17.3 Å². The van der Waals surface area contributed by atoms with Gasteiger partial charge in [-0.05, 0) is 0 Å². The molecule has 10 heteroatoms. The summed E-state index contributed by atoms with van der Waals surface area (Å²) >= 11 is 0.813. The summed E-state index contributed by atoms with van der Waals surface area (Å²) < 4.78 is 27.9. The highest BCUT2D eigenvalue weighted by molar-refractivity contribution is 7.91. The molecule has 0 aromatic carbocycles. The van der Waals surface area contributed by atoms with Crippen LogP contribution in [0.3, 0.4) is 0 Å². The van der Waals surface area contributed by atoms with Crippen LogP contribution < -0.4 is 0 Å². The van der Waals surface area contributed by atoms with Crippen molar-refractivity contribution >= 4 is 27.3 Å². The first-order valence-electron chi connectivity index (χ1n) is 5.67. The monoisotopic (exact) mass is 314 g/mol. The molecule has 0 spiro atoms. The maximum Gasteiger partial charge on any atom is 0.356 e. The third kappa shape index (κ3) is 2.01. The highest BCUT2D eigenvalue weighted by atomic mass is 32.2. The average molecular weight is 314 g/mol. The number of carboxylic acids is 1. The Labute approximate surface area is 118 Å². The molecule has 8 nitrogen and oxygen atoms in total. The summed E-state index contributed by atoms with van der Waals surface area (Å²) in [6.07, 6.45) is 3.40. The molecule has 2 aromatic heterocycles. The van der Waals surface area contributed by atoms with Gasteiger partial charge < -0.3 is 9.67 Å². The lowest BCUT2D eigenvalue weighted by Gasteiger charge is -2.26. The Balaban J connectivity index is 1.97. The molecular weight excluding hydrogens is 304 g/mol. The fraction of sp³-hybridized carbons (Fsp3) is 0.300. The van der Waals surface area contributed by atoms with Crippen molar-refractivity contribution in [1.29, 1.82) is 0 Å². The lowest BCUT2D eigenvalue weighted by molar-refractivity contribution is 0.0687. The number of hydrogen-bond acceptors (Lipinski definition) is 6. The number of aromatic nitrogens is 3. The smallest absolute Gasteiger partial charge is 0.356 e. The topological polar surface area (TPSA) is 105 Å². The normalized spacial score (nSPS) is 16.0. The first kappa shape index (κ1) is 13.2. The Morgan fingerprint density at radius 1 is 1.35 bits per heavy atom. The number of thiazole rings is 1. The van der Waals surface area contributed by atoms with Crippen molar-refractivity contribution in [3.05, 3.63) is 29.4 Å². The zero-order valence-corrected chi connectivity index (χ0v) is 11.8. The number of fused-ring (bicyclic) bond motifs is 1. The molecule has 106 valence electrons. The molecule has 1 aliphatic rings. The summed E-state index contributed by atoms with van der Waals surface area (Å²) in [5.41, 5.74) is 0.797. The van der Waals surface area contributed by atoms with Crippen LogP contribution in [0.5, 0.6) is 0 Å². The van der Waals surface area contributed by atoms with Gasteiger partial charge in [0.1, 0.15) is 5.82 Å². The van der Waals surface area contributed by atoms with E-state index in [2.05, 4.69) is 9.97 Å². The summed E-state index contributed by atoms with van der Waals surface area (Å²) in [4.78, 5) is 18.7. The van der Waals surface area contributed by atoms with Gasteiger partial charge in [0, 0.05) is 25.5 Å². The van der Waals surface area contributed by atoms with Gasteiger partial charge in [0.05, 0.1) is 12.1 Å². The van der Waals surface area contributed by atoms with E-state index in [0.717, 1.165) is 11.3 Å². The third-order valence-electron chi connectivity index (χ3n) is 3.02. The van der Waals surface area contributed by atoms with E-state index in [9.17, 15) is 13.2 Å². The molecule has 1 aliphatic heterocycles. The van der Waals surface area contributed by atoms with Crippen molar-refractivity contribution in [2.24, 2.45) is 0 Å². The number of carbonyl (C=O) groups is 1. The number of carboxylic acid groups (broad SMARTS) is 1. The van der Waals surface area contributed by atoms with E-state index in [1.165, 1.54) is 9.82 Å². The van der Waals surface area contributed by atoms with Gasteiger partial charge in [0.2, 0.25) is 0 Å². The number of imidazole rings is 1. The van der Waals surface area contributed by atoms with Crippen molar-refractivity contribution in [3.8, 4) is 0 Å². The van der Waals surface area contributed by atoms with E-state index >= 15 is 0 Å². The summed E-state index contributed by atoms with van der Waals surface area (Å²) in [5, 5.41) is 8.99. The fourth-order valence-electron chi connectivity index (χ4n) is 2.03. The fourth-order valence-corrected chi connectivity index (χ4v) is 4.70. The van der Waals surface area contributed by atoms with Gasteiger partial charge in [-0.15, -0.1) is 11.3 Å². The number of sulfonamides is 1. The van der Waals surface area contributed by atoms with E-state index in [1.807, 2.05) is 4.57 Å². The average Bonchev–Trinajstić information content (AvgIpc) is 3.06. The maximum absolute atomic E-state index is 12.5. The molecule has 0 bridgehead atoms. The Morgan fingerprint density at radius 3 is 2.90 bits per heavy atom. The van der Waals surface area contributed by atoms with Crippen LogP contribution in [0.1, 0.15) is 16.3 Å². The summed E-state index contributed by atoms with van der Waals surface area (Å²) in [7, 11) is -3.86. The Hall–Kier alpha value is -1.78. The van der Waals surface area contributed by atoms with Crippen molar-refractivity contribution in [2.75, 3.05) is 6.54 Å². The second-order valence-electron chi connectivity index (χ2n) is 4.17. The quantitative estimate of drug-likeness (QED) is 0.870. The Morgan fingerprint density at radius 2 is 2.15 bits per heavy atom. The summed E-state index contributed by atoms with van der Waals surface area (Å²) in [6, 6.07) is 0. The second kappa shape index (κ2) is 4.65. The minimum Gasteiger partial charge on any atom is -0.476 e. The van der Waals surface area contributed by atoms with Gasteiger partial charge in [-0.1, -0.05) is 0 Å². The minimum atomic E-state index is -3.86. The van der Waals surface area contributed by atoms with Gasteiger partial charge in [-0.2, -0.15) is 4.31 Å². The molecule has 0 amide bonds. The van der Waals surface area contributed by atoms with Gasteiger partial charge in [0.15, 0.2) is 9.90 Å². The molecular formula is C10H10N4O4S2. The van der Waals surface area contributed by atoms with Crippen LogP contribution in [0.2, 0.25) is 0 Å². The largest absolute Gasteiger partial charge is 0.476 e. The first-order chi connectivity index (χ1) is 9.50. The predicted molar refractivity (Wildman–Crippen MR) is 68.9 cm³/mol. The van der Waals surface area contributed by atoms with E-state index in [0.29, 0.717) is 12.4 Å². The lowest BCUT2D eigenvalue weighted by Crippen LogP contribution is -2.38. The highest BCUT2D eigenvalue weighted by Gasteiger charge is 2.34. The van der Waals surface area contributed by atoms with Crippen molar-refractivity contribution in [2.45, 2.75) is 17.3 Å². The van der Waals surface area contributed by atoms with Crippen LogP contribution in [0.15, 0.2) is 22.1 Å². The number of aromatic carboxylic acids is 1. The molecule has 0 atom stereocenters. The van der Waals surface area contributed by atoms with E-state index in [1.54, 1.807) is 12.4 Å². The van der Waals surface area contributed by atoms with Gasteiger partial charge in [0.25, 0.3) is 10.0 Å². The van der Waals surface area contributed by atoms with E-state index in [4.69, 9.17) is 5.11 Å². The summed E-state index contributed by atoms with van der Waals surface area (Å²) in [6.45, 7) is 0.907. The van der Waals surface area contributed by atoms with Crippen LogP contribution in [0.4, 0.5) is 0 Å². The number of rotatable bonds is 3. The van der Waals surface area contributed by atoms with Gasteiger partial charge in [-0.3, -0.25) is 0 Å². The Bertz CT molecular complexity index is 764. The van der Waals surface area contributed by atoms with Crippen LogP contribution in [-0.4, -0.2) is 44.9 Å². The minimum absolute atomic E-state index is 0.131. The first-order valence-corrected chi connectivity index (χ1v) is 7.99. The maximum atomic E-state index is 12.5. The molecule has 0 fully saturated rings. The molecule has 0 unspecified atom stereocenters. The molecule has 1 N–H and O–H groups in total. The zero-order valence-electron chi connectivity index (χ0n) is 10.1. The molecule has 3 rings (SSSR count). The number of nitrogens with zero attached hydrogens (tertiary/aromatic N) is 4. The molecule has 0 saturated heterocycles. The standard InChI is InChI=1S/C10H10N4O4S2/c15-9(16)8-10(19-6-12-8)20(17,18)14-4-3-13-2-1-11-7(13)5-14/h1-2,6H,3-5H2,(H,15,16). The number of hydrogen-bond donors (Lipinski definition) is 1. The lowest BCUT2D eigenvalue weighted by atomic mass is 10.4. The molecule has 0 aliphatic carbocycles. The van der Waals surface area contributed by atoms with Crippen molar-refractivity contribution in [3.63, 3.8) is 0 Å². The van der Waals surface area contributed by atoms with Crippen molar-refractivity contribution in [1.82, 2.24) is 18.8 Å². The zero-order chi connectivity index (χ0) is 14.3. The molecule has 0 saturated carbocycles. The highest BCUT2D eigenvalue weighted by Crippen LogP contribution is 2.26. The molecule has 2 aromatic rings. The molecule has 3 heterocycles. The van der Waals surface area contributed by atoms with E-state index < -0.39 is 21.7 Å². The van der Waals surface area contributed by atoms with Crippen LogP contribution >= 0.6 is 11.3 Å². The molecule has 0 radical (unpaired) electrons. The second-order valence-corrected chi connectivity index (χ2v) is 7.16. The van der Waals surface area contributed by atoms with Crippen LogP contribution in [-0.2, 0) is 23.1 Å². The predicted octanol–water partition coefficient (Wildman–Crippen LogP) is 0.242. The van der Waals surface area contributed by atoms with Gasteiger partial charge in [-0.25, -0.2) is 23.2 Å². The third-order valence-corrected chi connectivity index (χ3v) is 6.21. The molecule has 20 heavy (non-hydrogen) atoms. The van der Waals surface area contributed by atoms with Crippen LogP contribution in [0.25, 0.3) is 0 Å². The van der Waals surface area contributed by atoms with Gasteiger partial charge >= 0.3 is 5.97 Å². The SMILES string of the molecule is O=C(O)c1ncsc1S(=O)(=O)N1CCn2ccnc2C1. The van der Waals surface area contributed by atoms with Crippen molar-refractivity contribution < 1.29 is 18.3 Å². The summed E-state index contributed by atoms with van der Waals surface area (Å²) in [5.74, 6) is -0.704. The Kier molecular flexibility index (Phi) is 3.07.